The highest BCUT2D eigenvalue weighted by Gasteiger charge is 2.50. The van der Waals surface area contributed by atoms with Crippen molar-refractivity contribution >= 4 is 11.3 Å². The second-order valence-corrected chi connectivity index (χ2v) is 5.24. The fourth-order valence-electron chi connectivity index (χ4n) is 3.10. The Bertz CT molecular complexity index is 616. The van der Waals surface area contributed by atoms with E-state index in [-0.39, 0.29) is 5.56 Å². The van der Waals surface area contributed by atoms with Crippen LogP contribution < -0.4 is 0 Å². The van der Waals surface area contributed by atoms with Crippen LogP contribution in [0.5, 0.6) is 0 Å². The molecule has 0 amide bonds. The van der Waals surface area contributed by atoms with E-state index in [4.69, 9.17) is 0 Å². The third-order valence-corrected chi connectivity index (χ3v) is 4.13. The molecule has 0 radical (unpaired) electrons. The lowest BCUT2D eigenvalue weighted by Gasteiger charge is -2.24. The van der Waals surface area contributed by atoms with Gasteiger partial charge in [0.1, 0.15) is 0 Å². The van der Waals surface area contributed by atoms with Crippen molar-refractivity contribution in [2.75, 3.05) is 13.1 Å². The predicted molar refractivity (Wildman–Crippen MR) is 72.5 cm³/mol. The molecule has 1 aromatic rings. The van der Waals surface area contributed by atoms with Crippen LogP contribution >= 0.6 is 0 Å². The number of hydrogen-bond acceptors (Lipinski definition) is 2. The summed E-state index contributed by atoms with van der Waals surface area (Å²) >= 11 is 0. The van der Waals surface area contributed by atoms with Crippen LogP contribution in [0.15, 0.2) is 35.4 Å². The lowest BCUT2D eigenvalue weighted by atomic mass is 9.79. The molecular formula is C15H15F3N2. The lowest BCUT2D eigenvalue weighted by Crippen LogP contribution is -2.34. The highest BCUT2D eigenvalue weighted by molar-refractivity contribution is 6.02. The first-order valence-electron chi connectivity index (χ1n) is 6.59. The predicted octanol–water partition coefficient (Wildman–Crippen LogP) is 3.60. The number of hydrazone groups is 1. The summed E-state index contributed by atoms with van der Waals surface area (Å²) in [5.74, 6) is 0. The third kappa shape index (κ3) is 1.69. The fourth-order valence-corrected chi connectivity index (χ4v) is 3.10. The number of likely N-dealkylation sites (N-methyl/N-ethyl adjacent to an activating group) is 1. The number of allylic oxidation sites excluding steroid dienone is 1. The molecule has 1 spiro atoms. The van der Waals surface area contributed by atoms with Crippen molar-refractivity contribution in [3.8, 4) is 0 Å². The number of rotatable bonds is 1. The molecule has 0 aromatic heterocycles. The quantitative estimate of drug-likeness (QED) is 0.767. The second-order valence-electron chi connectivity index (χ2n) is 5.24. The smallest absolute Gasteiger partial charge is 0.296 e. The largest absolute Gasteiger partial charge is 0.416 e. The average molecular weight is 280 g/mol. The summed E-state index contributed by atoms with van der Waals surface area (Å²) in [6, 6.07) is 6.76. The first kappa shape index (κ1) is 13.2. The third-order valence-electron chi connectivity index (χ3n) is 4.13. The minimum Gasteiger partial charge on any atom is -0.296 e. The summed E-state index contributed by atoms with van der Waals surface area (Å²) in [7, 11) is 0. The summed E-state index contributed by atoms with van der Waals surface area (Å²) in [5, 5.41) is 6.22. The standard InChI is InChI=1S/C15H15F3N2/c1-3-20-9-14(10(2)19-20)8-13(15(16,17)18)11-6-4-5-7-12(11)14/h4-8H,3,9H2,1-2H3. The second kappa shape index (κ2) is 4.11. The van der Waals surface area contributed by atoms with Crippen molar-refractivity contribution in [2.24, 2.45) is 5.10 Å². The molecule has 1 aliphatic carbocycles. The van der Waals surface area contributed by atoms with E-state index in [9.17, 15) is 13.2 Å². The number of benzene rings is 1. The maximum absolute atomic E-state index is 13.3. The number of hydrogen-bond donors (Lipinski definition) is 0. The molecule has 20 heavy (non-hydrogen) atoms. The molecule has 0 saturated heterocycles. The van der Waals surface area contributed by atoms with Gasteiger partial charge < -0.3 is 0 Å². The van der Waals surface area contributed by atoms with E-state index in [1.165, 1.54) is 6.08 Å². The first-order chi connectivity index (χ1) is 9.38. The van der Waals surface area contributed by atoms with Gasteiger partial charge in [-0.3, -0.25) is 5.01 Å². The summed E-state index contributed by atoms with van der Waals surface area (Å²) in [4.78, 5) is 0. The van der Waals surface area contributed by atoms with E-state index in [2.05, 4.69) is 5.10 Å². The van der Waals surface area contributed by atoms with E-state index in [0.717, 1.165) is 5.71 Å². The van der Waals surface area contributed by atoms with E-state index in [0.29, 0.717) is 18.7 Å². The topological polar surface area (TPSA) is 15.6 Å². The van der Waals surface area contributed by atoms with Gasteiger partial charge in [-0.1, -0.05) is 30.3 Å². The van der Waals surface area contributed by atoms with Gasteiger partial charge in [-0.15, -0.1) is 0 Å². The molecular weight excluding hydrogens is 265 g/mol. The van der Waals surface area contributed by atoms with Crippen molar-refractivity contribution in [3.05, 3.63) is 41.5 Å². The molecule has 0 saturated carbocycles. The number of fused-ring (bicyclic) bond motifs is 2. The van der Waals surface area contributed by atoms with Crippen molar-refractivity contribution in [1.29, 1.82) is 0 Å². The molecule has 0 bridgehead atoms. The number of nitrogens with zero attached hydrogens (tertiary/aromatic N) is 2. The lowest BCUT2D eigenvalue weighted by molar-refractivity contribution is -0.0688. The van der Waals surface area contributed by atoms with Crippen LogP contribution in [0.3, 0.4) is 0 Å². The van der Waals surface area contributed by atoms with E-state index in [1.54, 1.807) is 24.3 Å². The Labute approximate surface area is 115 Å². The number of halogens is 3. The Morgan fingerprint density at radius 2 is 2.00 bits per heavy atom. The van der Waals surface area contributed by atoms with Crippen LogP contribution in [0.4, 0.5) is 13.2 Å². The Balaban J connectivity index is 2.20. The van der Waals surface area contributed by atoms with Crippen LogP contribution in [-0.2, 0) is 5.41 Å². The summed E-state index contributed by atoms with van der Waals surface area (Å²) < 4.78 is 39.8. The Kier molecular flexibility index (Phi) is 2.71. The monoisotopic (exact) mass is 280 g/mol. The maximum Gasteiger partial charge on any atom is 0.416 e. The van der Waals surface area contributed by atoms with Crippen LogP contribution in [0.1, 0.15) is 25.0 Å². The summed E-state index contributed by atoms with van der Waals surface area (Å²) in [5.41, 5.74) is 0.459. The van der Waals surface area contributed by atoms with Gasteiger partial charge >= 0.3 is 6.18 Å². The zero-order valence-electron chi connectivity index (χ0n) is 11.3. The van der Waals surface area contributed by atoms with Gasteiger partial charge in [-0.05, 0) is 25.0 Å². The Morgan fingerprint density at radius 3 is 2.60 bits per heavy atom. The molecule has 0 fully saturated rings. The van der Waals surface area contributed by atoms with E-state index in [1.807, 2.05) is 18.9 Å². The van der Waals surface area contributed by atoms with Gasteiger partial charge in [-0.25, -0.2) is 0 Å². The highest BCUT2D eigenvalue weighted by atomic mass is 19.4. The molecule has 5 heteroatoms. The minimum atomic E-state index is -4.33. The molecule has 3 rings (SSSR count). The zero-order chi connectivity index (χ0) is 14.5. The highest BCUT2D eigenvalue weighted by Crippen LogP contribution is 2.49. The van der Waals surface area contributed by atoms with Crippen molar-refractivity contribution in [2.45, 2.75) is 25.4 Å². The van der Waals surface area contributed by atoms with Crippen LogP contribution in [0, 0.1) is 0 Å². The molecule has 0 N–H and O–H groups in total. The zero-order valence-corrected chi connectivity index (χ0v) is 11.3. The van der Waals surface area contributed by atoms with Crippen molar-refractivity contribution in [3.63, 3.8) is 0 Å². The SMILES string of the molecule is CCN1CC2(C=C(C(F)(F)F)c3ccccc32)C(C)=N1. The molecule has 1 atom stereocenters. The minimum absolute atomic E-state index is 0.285. The van der Waals surface area contributed by atoms with Gasteiger partial charge in [0.25, 0.3) is 0 Å². The van der Waals surface area contributed by atoms with Crippen molar-refractivity contribution in [1.82, 2.24) is 5.01 Å². The van der Waals surface area contributed by atoms with Gasteiger partial charge in [0.05, 0.1) is 23.2 Å². The van der Waals surface area contributed by atoms with Crippen LogP contribution in [0.2, 0.25) is 0 Å². The summed E-state index contributed by atoms with van der Waals surface area (Å²) in [6.45, 7) is 4.93. The molecule has 1 heterocycles. The van der Waals surface area contributed by atoms with Crippen LogP contribution in [0.25, 0.3) is 5.57 Å². The Hall–Kier alpha value is -1.78. The van der Waals surface area contributed by atoms with Crippen LogP contribution in [-0.4, -0.2) is 30.0 Å². The average Bonchev–Trinajstić information content (AvgIpc) is 2.90. The van der Waals surface area contributed by atoms with Gasteiger partial charge in [0.15, 0.2) is 0 Å². The van der Waals surface area contributed by atoms with Gasteiger partial charge in [0.2, 0.25) is 0 Å². The van der Waals surface area contributed by atoms with E-state index < -0.39 is 17.2 Å². The van der Waals surface area contributed by atoms with E-state index >= 15 is 0 Å². The van der Waals surface area contributed by atoms with Gasteiger partial charge in [-0.2, -0.15) is 18.3 Å². The first-order valence-corrected chi connectivity index (χ1v) is 6.59. The molecule has 1 aliphatic heterocycles. The molecule has 106 valence electrons. The molecule has 1 aromatic carbocycles. The van der Waals surface area contributed by atoms with Gasteiger partial charge in [0, 0.05) is 6.54 Å². The fraction of sp³-hybridized carbons (Fsp3) is 0.400. The Morgan fingerprint density at radius 1 is 1.30 bits per heavy atom. The molecule has 1 unspecified atom stereocenters. The molecule has 2 nitrogen and oxygen atoms in total. The summed E-state index contributed by atoms with van der Waals surface area (Å²) in [6.07, 6.45) is -2.98. The normalized spacial score (nSPS) is 24.9. The van der Waals surface area contributed by atoms with Crippen molar-refractivity contribution < 1.29 is 13.2 Å². The molecule has 2 aliphatic rings. The maximum atomic E-state index is 13.3. The number of alkyl halides is 3.